The van der Waals surface area contributed by atoms with Crippen LogP contribution in [0.25, 0.3) is 0 Å². The summed E-state index contributed by atoms with van der Waals surface area (Å²) in [6.07, 6.45) is 8.38. The van der Waals surface area contributed by atoms with Gasteiger partial charge in [-0.1, -0.05) is 0 Å². The van der Waals surface area contributed by atoms with Gasteiger partial charge in [-0.3, -0.25) is 4.79 Å². The van der Waals surface area contributed by atoms with Crippen molar-refractivity contribution in [3.8, 4) is 0 Å². The van der Waals surface area contributed by atoms with E-state index in [1.165, 1.54) is 18.4 Å². The Balaban J connectivity index is 1.30. The lowest BCUT2D eigenvalue weighted by Crippen LogP contribution is -2.51. The predicted molar refractivity (Wildman–Crippen MR) is 115 cm³/mol. The first-order valence-electron chi connectivity index (χ1n) is 11.8. The smallest absolute Gasteiger partial charge is 0.226 e. The van der Waals surface area contributed by atoms with Crippen molar-refractivity contribution in [1.82, 2.24) is 19.8 Å². The van der Waals surface area contributed by atoms with Crippen molar-refractivity contribution in [2.75, 3.05) is 38.7 Å². The maximum Gasteiger partial charge on any atom is 0.226 e. The van der Waals surface area contributed by atoms with Crippen molar-refractivity contribution < 1.29 is 9.53 Å². The summed E-state index contributed by atoms with van der Waals surface area (Å²) >= 11 is 0. The number of carbonyl (C=O) groups is 1. The highest BCUT2D eigenvalue weighted by molar-refractivity contribution is 5.80. The van der Waals surface area contributed by atoms with Crippen LogP contribution in [0.2, 0.25) is 0 Å². The Labute approximate surface area is 179 Å². The number of likely N-dealkylation sites (tertiary alicyclic amines) is 1. The van der Waals surface area contributed by atoms with Crippen molar-refractivity contribution in [2.24, 2.45) is 17.8 Å². The molecule has 7 heteroatoms. The molecule has 164 valence electrons. The van der Waals surface area contributed by atoms with Gasteiger partial charge in [-0.15, -0.1) is 0 Å². The molecule has 2 saturated heterocycles. The number of ether oxygens (including phenoxy) is 1. The van der Waals surface area contributed by atoms with Crippen LogP contribution in [0, 0.1) is 17.8 Å². The topological polar surface area (TPSA) is 70.6 Å². The number of rotatable bonds is 4. The molecule has 0 radical (unpaired) electrons. The molecule has 30 heavy (non-hydrogen) atoms. The van der Waals surface area contributed by atoms with Crippen molar-refractivity contribution in [2.45, 2.75) is 64.1 Å². The molecule has 1 amide bonds. The lowest BCUT2D eigenvalue weighted by Gasteiger charge is -2.42. The van der Waals surface area contributed by atoms with Gasteiger partial charge in [0.2, 0.25) is 11.9 Å². The maximum absolute atomic E-state index is 13.7. The van der Waals surface area contributed by atoms with Crippen LogP contribution in [0.3, 0.4) is 0 Å². The Morgan fingerprint density at radius 3 is 2.77 bits per heavy atom. The van der Waals surface area contributed by atoms with E-state index in [-0.39, 0.29) is 12.0 Å². The van der Waals surface area contributed by atoms with E-state index < -0.39 is 0 Å². The molecule has 1 saturated carbocycles. The van der Waals surface area contributed by atoms with Gasteiger partial charge in [0, 0.05) is 44.0 Å². The van der Waals surface area contributed by atoms with E-state index in [1.807, 2.05) is 6.20 Å². The number of carbonyl (C=O) groups excluding carboxylic acids is 1. The van der Waals surface area contributed by atoms with Gasteiger partial charge < -0.3 is 19.9 Å². The lowest BCUT2D eigenvalue weighted by atomic mass is 9.80. The number of hydrogen-bond acceptors (Lipinski definition) is 6. The molecule has 4 aliphatic rings. The van der Waals surface area contributed by atoms with Crippen LogP contribution in [-0.4, -0.2) is 71.1 Å². The summed E-state index contributed by atoms with van der Waals surface area (Å²) in [6.45, 7) is 6.48. The molecule has 7 nitrogen and oxygen atoms in total. The molecule has 0 bridgehead atoms. The van der Waals surface area contributed by atoms with Crippen molar-refractivity contribution >= 4 is 11.9 Å². The summed E-state index contributed by atoms with van der Waals surface area (Å²) in [7, 11) is 2.19. The molecule has 5 rings (SSSR count). The Morgan fingerprint density at radius 1 is 1.20 bits per heavy atom. The van der Waals surface area contributed by atoms with E-state index >= 15 is 0 Å². The number of nitrogens with zero attached hydrogens (tertiary/aromatic N) is 4. The second kappa shape index (κ2) is 8.42. The minimum atomic E-state index is 0.180. The third-order valence-electron chi connectivity index (χ3n) is 7.57. The van der Waals surface area contributed by atoms with Crippen LogP contribution < -0.4 is 5.32 Å². The van der Waals surface area contributed by atoms with E-state index in [1.54, 1.807) is 0 Å². The zero-order chi connectivity index (χ0) is 20.7. The van der Waals surface area contributed by atoms with Crippen LogP contribution in [0.15, 0.2) is 6.20 Å². The molecule has 0 aromatic carbocycles. The largest absolute Gasteiger partial charge is 0.381 e. The van der Waals surface area contributed by atoms with Gasteiger partial charge in [-0.05, 0) is 76.4 Å². The molecule has 3 fully saturated rings. The van der Waals surface area contributed by atoms with Crippen LogP contribution in [0.4, 0.5) is 5.95 Å². The van der Waals surface area contributed by atoms with Gasteiger partial charge in [0.1, 0.15) is 0 Å². The maximum atomic E-state index is 13.7. The van der Waals surface area contributed by atoms with Crippen LogP contribution in [0.5, 0.6) is 0 Å². The van der Waals surface area contributed by atoms with Crippen molar-refractivity contribution in [3.63, 3.8) is 0 Å². The summed E-state index contributed by atoms with van der Waals surface area (Å²) in [5.74, 6) is 2.51. The van der Waals surface area contributed by atoms with Crippen molar-refractivity contribution in [1.29, 1.82) is 0 Å². The molecule has 1 aliphatic carbocycles. The third kappa shape index (κ3) is 4.19. The summed E-state index contributed by atoms with van der Waals surface area (Å²) < 4.78 is 5.45. The molecule has 3 atom stereocenters. The molecule has 0 spiro atoms. The average Bonchev–Trinajstić information content (AvgIpc) is 3.59. The van der Waals surface area contributed by atoms with E-state index in [0.29, 0.717) is 30.4 Å². The molecule has 1 aromatic heterocycles. The summed E-state index contributed by atoms with van der Waals surface area (Å²) in [6, 6.07) is 0.581. The fourth-order valence-corrected chi connectivity index (χ4v) is 5.56. The van der Waals surface area contributed by atoms with Gasteiger partial charge in [0.05, 0.1) is 12.2 Å². The van der Waals surface area contributed by atoms with Gasteiger partial charge in [-0.25, -0.2) is 9.97 Å². The third-order valence-corrected chi connectivity index (χ3v) is 7.57. The molecular weight excluding hydrogens is 378 g/mol. The average molecular weight is 414 g/mol. The van der Waals surface area contributed by atoms with Crippen LogP contribution in [0.1, 0.15) is 50.3 Å². The van der Waals surface area contributed by atoms with Gasteiger partial charge in [0.25, 0.3) is 0 Å². The number of piperidine rings is 1. The van der Waals surface area contributed by atoms with Crippen molar-refractivity contribution in [3.05, 3.63) is 17.5 Å². The Hall–Kier alpha value is -1.73. The van der Waals surface area contributed by atoms with E-state index in [9.17, 15) is 4.79 Å². The number of aromatic nitrogens is 2. The molecule has 1 aromatic rings. The highest BCUT2D eigenvalue weighted by Gasteiger charge is 2.44. The first kappa shape index (κ1) is 20.2. The first-order valence-corrected chi connectivity index (χ1v) is 11.8. The number of amides is 1. The Kier molecular flexibility index (Phi) is 5.67. The molecule has 3 aliphatic heterocycles. The van der Waals surface area contributed by atoms with Gasteiger partial charge >= 0.3 is 0 Å². The normalized spacial score (nSPS) is 30.7. The second-order valence-corrected chi connectivity index (χ2v) is 9.87. The Morgan fingerprint density at radius 2 is 2.00 bits per heavy atom. The quantitative estimate of drug-likeness (QED) is 0.817. The molecule has 0 unspecified atom stereocenters. The van der Waals surface area contributed by atoms with Gasteiger partial charge in [0.15, 0.2) is 0 Å². The monoisotopic (exact) mass is 413 g/mol. The standard InChI is InChI=1S/C23H35N5O2/c1-15-11-17-12-24-23(25-18-6-9-30-10-7-18)26-21(17)14-28(15)22(29)19-5-8-27(2)13-20(19)16-3-4-16/h12,15-16,18-20H,3-11,13-14H2,1-2H3,(H,24,25,26)/t15-,19-,20+/m1/s1. The first-order chi connectivity index (χ1) is 14.6. The molecular formula is C23H35N5O2. The minimum Gasteiger partial charge on any atom is -0.381 e. The highest BCUT2D eigenvalue weighted by Crippen LogP contribution is 2.44. The zero-order valence-corrected chi connectivity index (χ0v) is 18.3. The fourth-order valence-electron chi connectivity index (χ4n) is 5.56. The minimum absolute atomic E-state index is 0.180. The summed E-state index contributed by atoms with van der Waals surface area (Å²) in [5.41, 5.74) is 2.20. The number of nitrogens with one attached hydrogen (secondary N) is 1. The second-order valence-electron chi connectivity index (χ2n) is 9.87. The highest BCUT2D eigenvalue weighted by atomic mass is 16.5. The van der Waals surface area contributed by atoms with E-state index in [0.717, 1.165) is 63.6 Å². The fraction of sp³-hybridized carbons (Fsp3) is 0.783. The summed E-state index contributed by atoms with van der Waals surface area (Å²) in [4.78, 5) is 27.6. The molecule has 4 heterocycles. The van der Waals surface area contributed by atoms with Gasteiger partial charge in [-0.2, -0.15) is 0 Å². The summed E-state index contributed by atoms with van der Waals surface area (Å²) in [5, 5.41) is 3.47. The number of hydrogen-bond donors (Lipinski definition) is 1. The number of anilines is 1. The SMILES string of the molecule is C[C@@H]1Cc2cnc(NC3CCOCC3)nc2CN1C(=O)[C@@H]1CCN(C)C[C@H]1C1CC1. The zero-order valence-electron chi connectivity index (χ0n) is 18.3. The predicted octanol–water partition coefficient (Wildman–Crippen LogP) is 2.32. The van der Waals surface area contributed by atoms with E-state index in [4.69, 9.17) is 9.72 Å². The van der Waals surface area contributed by atoms with Crippen LogP contribution >= 0.6 is 0 Å². The Bertz CT molecular complexity index is 777. The van der Waals surface area contributed by atoms with E-state index in [2.05, 4.69) is 34.1 Å². The molecule has 1 N–H and O–H groups in total. The van der Waals surface area contributed by atoms with Crippen LogP contribution in [-0.2, 0) is 22.5 Å². The number of fused-ring (bicyclic) bond motifs is 1. The lowest BCUT2D eigenvalue weighted by molar-refractivity contribution is -0.143.